The molecule has 6 nitrogen and oxygen atoms in total. The highest BCUT2D eigenvalue weighted by molar-refractivity contribution is 6.03. The maximum absolute atomic E-state index is 12.7. The van der Waals surface area contributed by atoms with Crippen molar-refractivity contribution in [1.29, 1.82) is 0 Å². The van der Waals surface area contributed by atoms with Gasteiger partial charge in [-0.2, -0.15) is 0 Å². The van der Waals surface area contributed by atoms with Crippen LogP contribution in [0, 0.1) is 6.92 Å². The number of hydrogen-bond donors (Lipinski definition) is 1. The number of nitrogens with zero attached hydrogens (tertiary/aromatic N) is 4. The standard InChI is InChI=1S/C21H29N5O/c1-5-25-10-12-26(13-11-25)20-14-19(22-16(4)23-20)21(27)24-18-8-6-17(7-9-18)15(2)3/h6-9,14-15H,5,10-13H2,1-4H3,(H,24,27). The average Bonchev–Trinajstić information content (AvgIpc) is 2.68. The first-order chi connectivity index (χ1) is 13.0. The highest BCUT2D eigenvalue weighted by atomic mass is 16.1. The molecule has 1 aliphatic rings. The second kappa shape index (κ2) is 8.48. The summed E-state index contributed by atoms with van der Waals surface area (Å²) in [4.78, 5) is 26.2. The fraction of sp³-hybridized carbons (Fsp3) is 0.476. The summed E-state index contributed by atoms with van der Waals surface area (Å²) in [6, 6.07) is 9.76. The van der Waals surface area contributed by atoms with E-state index in [4.69, 9.17) is 0 Å². The lowest BCUT2D eigenvalue weighted by Crippen LogP contribution is -2.46. The molecule has 0 unspecified atom stereocenters. The van der Waals surface area contributed by atoms with Crippen LogP contribution in [0.5, 0.6) is 0 Å². The molecule has 1 aromatic carbocycles. The van der Waals surface area contributed by atoms with Gasteiger partial charge in [-0.15, -0.1) is 0 Å². The molecule has 0 radical (unpaired) electrons. The zero-order valence-corrected chi connectivity index (χ0v) is 16.7. The van der Waals surface area contributed by atoms with Crippen LogP contribution in [0.3, 0.4) is 0 Å². The van der Waals surface area contributed by atoms with Crippen LogP contribution < -0.4 is 10.2 Å². The summed E-state index contributed by atoms with van der Waals surface area (Å²) >= 11 is 0. The molecule has 0 spiro atoms. The molecule has 27 heavy (non-hydrogen) atoms. The third-order valence-corrected chi connectivity index (χ3v) is 5.04. The fourth-order valence-corrected chi connectivity index (χ4v) is 3.27. The third kappa shape index (κ3) is 4.83. The number of anilines is 2. The van der Waals surface area contributed by atoms with Crippen molar-refractivity contribution in [3.63, 3.8) is 0 Å². The van der Waals surface area contributed by atoms with E-state index in [1.165, 1.54) is 5.56 Å². The summed E-state index contributed by atoms with van der Waals surface area (Å²) in [5, 5.41) is 2.94. The Morgan fingerprint density at radius 3 is 2.37 bits per heavy atom. The van der Waals surface area contributed by atoms with Gasteiger partial charge < -0.3 is 15.1 Å². The Balaban J connectivity index is 1.72. The zero-order valence-electron chi connectivity index (χ0n) is 16.7. The molecule has 0 bridgehead atoms. The number of piperazine rings is 1. The van der Waals surface area contributed by atoms with Gasteiger partial charge in [-0.25, -0.2) is 9.97 Å². The number of rotatable bonds is 5. The number of aromatic nitrogens is 2. The summed E-state index contributed by atoms with van der Waals surface area (Å²) in [5.74, 6) is 1.71. The topological polar surface area (TPSA) is 61.4 Å². The zero-order chi connectivity index (χ0) is 19.4. The molecule has 1 aliphatic heterocycles. The summed E-state index contributed by atoms with van der Waals surface area (Å²) < 4.78 is 0. The molecule has 3 rings (SSSR count). The second-order valence-electron chi connectivity index (χ2n) is 7.31. The maximum Gasteiger partial charge on any atom is 0.274 e. The molecule has 2 heterocycles. The van der Waals surface area contributed by atoms with Gasteiger partial charge in [0.05, 0.1) is 0 Å². The number of aryl methyl sites for hydroxylation is 1. The van der Waals surface area contributed by atoms with Crippen LogP contribution in [-0.4, -0.2) is 53.5 Å². The first-order valence-electron chi connectivity index (χ1n) is 9.70. The van der Waals surface area contributed by atoms with Gasteiger partial charge >= 0.3 is 0 Å². The Morgan fingerprint density at radius 2 is 1.78 bits per heavy atom. The van der Waals surface area contributed by atoms with E-state index in [0.29, 0.717) is 17.4 Å². The van der Waals surface area contributed by atoms with Crippen molar-refractivity contribution in [2.75, 3.05) is 42.9 Å². The predicted molar refractivity (Wildman–Crippen MR) is 110 cm³/mol. The minimum Gasteiger partial charge on any atom is -0.354 e. The van der Waals surface area contributed by atoms with Gasteiger partial charge in [-0.05, 0) is 37.1 Å². The van der Waals surface area contributed by atoms with Crippen LogP contribution in [0.4, 0.5) is 11.5 Å². The molecule has 1 aromatic heterocycles. The molecule has 0 atom stereocenters. The van der Waals surface area contributed by atoms with E-state index in [-0.39, 0.29) is 5.91 Å². The van der Waals surface area contributed by atoms with Gasteiger partial charge in [-0.1, -0.05) is 32.9 Å². The molecule has 0 saturated carbocycles. The Bertz CT molecular complexity index is 780. The van der Waals surface area contributed by atoms with Gasteiger partial charge in [0, 0.05) is 37.9 Å². The van der Waals surface area contributed by atoms with Crippen molar-refractivity contribution in [1.82, 2.24) is 14.9 Å². The van der Waals surface area contributed by atoms with E-state index in [1.54, 1.807) is 6.07 Å². The lowest BCUT2D eigenvalue weighted by Gasteiger charge is -2.34. The van der Waals surface area contributed by atoms with Gasteiger partial charge in [-0.3, -0.25) is 4.79 Å². The summed E-state index contributed by atoms with van der Waals surface area (Å²) in [6.07, 6.45) is 0. The quantitative estimate of drug-likeness (QED) is 0.879. The molecule has 2 aromatic rings. The van der Waals surface area contributed by atoms with E-state index < -0.39 is 0 Å². The van der Waals surface area contributed by atoms with Gasteiger partial charge in [0.2, 0.25) is 0 Å². The average molecular weight is 367 g/mol. The fourth-order valence-electron chi connectivity index (χ4n) is 3.27. The number of carbonyl (C=O) groups is 1. The molecular weight excluding hydrogens is 338 g/mol. The second-order valence-corrected chi connectivity index (χ2v) is 7.31. The number of amides is 1. The number of benzene rings is 1. The molecule has 1 fully saturated rings. The van der Waals surface area contributed by atoms with Crippen LogP contribution >= 0.6 is 0 Å². The Morgan fingerprint density at radius 1 is 1.11 bits per heavy atom. The van der Waals surface area contributed by atoms with Crippen molar-refractivity contribution in [3.05, 3.63) is 47.4 Å². The van der Waals surface area contributed by atoms with Gasteiger partial charge in [0.25, 0.3) is 5.91 Å². The highest BCUT2D eigenvalue weighted by Crippen LogP contribution is 2.19. The predicted octanol–water partition coefficient (Wildman–Crippen LogP) is 3.30. The molecular formula is C21H29N5O. The van der Waals surface area contributed by atoms with Crippen molar-refractivity contribution >= 4 is 17.4 Å². The number of carbonyl (C=O) groups excluding carboxylic acids is 1. The molecule has 144 valence electrons. The SMILES string of the molecule is CCN1CCN(c2cc(C(=O)Nc3ccc(C(C)C)cc3)nc(C)n2)CC1. The van der Waals surface area contributed by atoms with Crippen LogP contribution in [0.15, 0.2) is 30.3 Å². The van der Waals surface area contributed by atoms with E-state index in [1.807, 2.05) is 31.2 Å². The molecule has 6 heteroatoms. The minimum absolute atomic E-state index is 0.203. The van der Waals surface area contributed by atoms with Gasteiger partial charge in [0.1, 0.15) is 17.3 Å². The molecule has 0 aliphatic carbocycles. The van der Waals surface area contributed by atoms with E-state index >= 15 is 0 Å². The summed E-state index contributed by atoms with van der Waals surface area (Å²) in [5.41, 5.74) is 2.43. The molecule has 1 saturated heterocycles. The van der Waals surface area contributed by atoms with Crippen LogP contribution in [-0.2, 0) is 0 Å². The monoisotopic (exact) mass is 367 g/mol. The summed E-state index contributed by atoms with van der Waals surface area (Å²) in [7, 11) is 0. The Kier molecular flexibility index (Phi) is 6.06. The Labute approximate surface area is 161 Å². The van der Waals surface area contributed by atoms with E-state index in [0.717, 1.165) is 44.2 Å². The molecule has 1 N–H and O–H groups in total. The van der Waals surface area contributed by atoms with Gasteiger partial charge in [0.15, 0.2) is 0 Å². The Hall–Kier alpha value is -2.47. The van der Waals surface area contributed by atoms with Crippen molar-refractivity contribution in [2.24, 2.45) is 0 Å². The van der Waals surface area contributed by atoms with Crippen molar-refractivity contribution < 1.29 is 4.79 Å². The lowest BCUT2D eigenvalue weighted by atomic mass is 10.0. The minimum atomic E-state index is -0.203. The van der Waals surface area contributed by atoms with Crippen LogP contribution in [0.1, 0.15) is 48.6 Å². The number of nitrogens with one attached hydrogen (secondary N) is 1. The first-order valence-corrected chi connectivity index (χ1v) is 9.70. The van der Waals surface area contributed by atoms with E-state index in [2.05, 4.69) is 45.9 Å². The highest BCUT2D eigenvalue weighted by Gasteiger charge is 2.19. The van der Waals surface area contributed by atoms with Crippen LogP contribution in [0.2, 0.25) is 0 Å². The normalized spacial score (nSPS) is 15.2. The smallest absolute Gasteiger partial charge is 0.274 e. The van der Waals surface area contributed by atoms with E-state index in [9.17, 15) is 4.79 Å². The number of hydrogen-bond acceptors (Lipinski definition) is 5. The van der Waals surface area contributed by atoms with Crippen molar-refractivity contribution in [3.8, 4) is 0 Å². The maximum atomic E-state index is 12.7. The van der Waals surface area contributed by atoms with Crippen LogP contribution in [0.25, 0.3) is 0 Å². The molecule has 1 amide bonds. The lowest BCUT2D eigenvalue weighted by molar-refractivity contribution is 0.102. The third-order valence-electron chi connectivity index (χ3n) is 5.04. The largest absolute Gasteiger partial charge is 0.354 e. The number of likely N-dealkylation sites (N-methyl/N-ethyl adjacent to an activating group) is 1. The summed E-state index contributed by atoms with van der Waals surface area (Å²) in [6.45, 7) is 13.3. The first kappa shape index (κ1) is 19.3. The van der Waals surface area contributed by atoms with Crippen molar-refractivity contribution in [2.45, 2.75) is 33.6 Å².